The number of rotatable bonds is 2. The third kappa shape index (κ3) is 3.06. The average molecular weight is 263 g/mol. The first-order valence-corrected chi connectivity index (χ1v) is 5.76. The van der Waals surface area contributed by atoms with E-state index in [0.29, 0.717) is 12.5 Å². The molecule has 0 saturated carbocycles. The molecule has 0 saturated heterocycles. The molecule has 1 aromatic carbocycles. The second kappa shape index (κ2) is 5.47. The molecule has 0 fully saturated rings. The van der Waals surface area contributed by atoms with Crippen LogP contribution >= 0.6 is 0 Å². The van der Waals surface area contributed by atoms with Crippen LogP contribution in [-0.4, -0.2) is 37.7 Å². The molecule has 102 valence electrons. The van der Waals surface area contributed by atoms with Gasteiger partial charge in [0, 0.05) is 20.6 Å². The molecule has 0 spiro atoms. The lowest BCUT2D eigenvalue weighted by Gasteiger charge is -2.18. The summed E-state index contributed by atoms with van der Waals surface area (Å²) in [6.45, 7) is 0.879. The summed E-state index contributed by atoms with van der Waals surface area (Å²) in [5.74, 6) is 1.97. The first kappa shape index (κ1) is 13.0. The van der Waals surface area contributed by atoms with E-state index in [1.807, 2.05) is 30.1 Å². The van der Waals surface area contributed by atoms with E-state index in [9.17, 15) is 0 Å². The number of hydrogen-bond donors (Lipinski definition) is 2. The van der Waals surface area contributed by atoms with Crippen LogP contribution in [0.2, 0.25) is 0 Å². The van der Waals surface area contributed by atoms with E-state index in [2.05, 4.69) is 9.98 Å². The van der Waals surface area contributed by atoms with Gasteiger partial charge in [0.25, 0.3) is 0 Å². The Kier molecular flexibility index (Phi) is 3.74. The Morgan fingerprint density at radius 3 is 2.74 bits per heavy atom. The molecule has 1 aromatic rings. The maximum Gasteiger partial charge on any atom is 0.231 e. The monoisotopic (exact) mass is 263 g/mol. The number of hydrogen-bond acceptors (Lipinski definition) is 3. The van der Waals surface area contributed by atoms with Crippen LogP contribution in [0.3, 0.4) is 0 Å². The summed E-state index contributed by atoms with van der Waals surface area (Å²) < 4.78 is 10.6. The number of aliphatic imine (C=N–C) groups is 2. The molecular formula is C12H17N5O2. The second-order valence-corrected chi connectivity index (χ2v) is 4.10. The van der Waals surface area contributed by atoms with Crippen molar-refractivity contribution in [1.29, 1.82) is 0 Å². The van der Waals surface area contributed by atoms with Gasteiger partial charge in [0.2, 0.25) is 12.8 Å². The summed E-state index contributed by atoms with van der Waals surface area (Å²) in [4.78, 5) is 9.84. The van der Waals surface area contributed by atoms with Crippen LogP contribution in [0.15, 0.2) is 28.2 Å². The first-order valence-electron chi connectivity index (χ1n) is 5.76. The van der Waals surface area contributed by atoms with Gasteiger partial charge in [-0.25, -0.2) is 0 Å². The van der Waals surface area contributed by atoms with Crippen molar-refractivity contribution in [3.63, 3.8) is 0 Å². The zero-order valence-electron chi connectivity index (χ0n) is 11.0. The van der Waals surface area contributed by atoms with Gasteiger partial charge in [0.05, 0.1) is 0 Å². The number of guanidine groups is 2. The van der Waals surface area contributed by atoms with E-state index in [-0.39, 0.29) is 12.8 Å². The fraction of sp³-hybridized carbons (Fsp3) is 0.333. The van der Waals surface area contributed by atoms with Crippen molar-refractivity contribution in [2.75, 3.05) is 20.9 Å². The lowest BCUT2D eigenvalue weighted by Crippen LogP contribution is -2.31. The Morgan fingerprint density at radius 1 is 1.32 bits per heavy atom. The zero-order valence-corrected chi connectivity index (χ0v) is 11.0. The van der Waals surface area contributed by atoms with Crippen molar-refractivity contribution in [2.45, 2.75) is 6.54 Å². The molecular weight excluding hydrogens is 246 g/mol. The minimum atomic E-state index is -0.0156. The van der Waals surface area contributed by atoms with Crippen molar-refractivity contribution in [3.05, 3.63) is 23.8 Å². The van der Waals surface area contributed by atoms with Gasteiger partial charge in [-0.05, 0) is 17.7 Å². The quantitative estimate of drug-likeness (QED) is 0.582. The van der Waals surface area contributed by atoms with Crippen LogP contribution in [0.5, 0.6) is 11.5 Å². The van der Waals surface area contributed by atoms with E-state index in [1.165, 1.54) is 0 Å². The van der Waals surface area contributed by atoms with Crippen LogP contribution in [0.4, 0.5) is 0 Å². The van der Waals surface area contributed by atoms with Crippen molar-refractivity contribution in [3.8, 4) is 11.5 Å². The molecule has 0 unspecified atom stereocenters. The topological polar surface area (TPSA) is 98.5 Å². The summed E-state index contributed by atoms with van der Waals surface area (Å²) in [6.07, 6.45) is 0. The van der Waals surface area contributed by atoms with Crippen molar-refractivity contribution in [1.82, 2.24) is 4.90 Å². The highest BCUT2D eigenvalue weighted by molar-refractivity contribution is 5.93. The number of nitrogens with two attached hydrogens (primary N) is 2. The maximum absolute atomic E-state index is 5.36. The average Bonchev–Trinajstić information content (AvgIpc) is 2.82. The van der Waals surface area contributed by atoms with E-state index in [4.69, 9.17) is 20.9 Å². The molecule has 19 heavy (non-hydrogen) atoms. The molecule has 7 nitrogen and oxygen atoms in total. The fourth-order valence-electron chi connectivity index (χ4n) is 1.81. The molecule has 7 heteroatoms. The van der Waals surface area contributed by atoms with Crippen LogP contribution in [0.1, 0.15) is 5.56 Å². The van der Waals surface area contributed by atoms with Gasteiger partial charge in [0.1, 0.15) is 0 Å². The van der Waals surface area contributed by atoms with Crippen LogP contribution in [-0.2, 0) is 6.54 Å². The SMILES string of the molecule is CN=C(N=C(N)N)N(C)Cc1ccc2c(c1)OCO2. The van der Waals surface area contributed by atoms with Crippen LogP contribution in [0, 0.1) is 0 Å². The Bertz CT molecular complexity index is 523. The molecule has 0 radical (unpaired) electrons. The zero-order chi connectivity index (χ0) is 13.8. The minimum Gasteiger partial charge on any atom is -0.454 e. The standard InChI is InChI=1S/C12H17N5O2/c1-15-12(16-11(13)14)17(2)6-8-3-4-9-10(5-8)19-7-18-9/h3-5H,6-7H2,1-2H3,(H4,13,14,15,16). The predicted molar refractivity (Wildman–Crippen MR) is 73.2 cm³/mol. The number of benzene rings is 1. The first-order chi connectivity index (χ1) is 9.10. The minimum absolute atomic E-state index is 0.0156. The van der Waals surface area contributed by atoms with Crippen molar-refractivity contribution >= 4 is 11.9 Å². The predicted octanol–water partition coefficient (Wildman–Crippen LogP) is 0.106. The molecule has 0 aromatic heterocycles. The molecule has 1 aliphatic rings. The van der Waals surface area contributed by atoms with Crippen molar-refractivity contribution in [2.24, 2.45) is 21.5 Å². The lowest BCUT2D eigenvalue weighted by atomic mass is 10.2. The third-order valence-electron chi connectivity index (χ3n) is 2.63. The molecule has 0 amide bonds. The van der Waals surface area contributed by atoms with Gasteiger partial charge >= 0.3 is 0 Å². The van der Waals surface area contributed by atoms with Crippen LogP contribution < -0.4 is 20.9 Å². The highest BCUT2D eigenvalue weighted by Crippen LogP contribution is 2.32. The Balaban J connectivity index is 2.10. The van der Waals surface area contributed by atoms with Crippen LogP contribution in [0.25, 0.3) is 0 Å². The van der Waals surface area contributed by atoms with E-state index in [1.54, 1.807) is 7.05 Å². The van der Waals surface area contributed by atoms with Crippen molar-refractivity contribution < 1.29 is 9.47 Å². The molecule has 2 rings (SSSR count). The molecule has 0 bridgehead atoms. The van der Waals surface area contributed by atoms with Gasteiger partial charge in [-0.2, -0.15) is 4.99 Å². The molecule has 1 heterocycles. The highest BCUT2D eigenvalue weighted by atomic mass is 16.7. The van der Waals surface area contributed by atoms with Gasteiger partial charge in [-0.15, -0.1) is 0 Å². The lowest BCUT2D eigenvalue weighted by molar-refractivity contribution is 0.174. The third-order valence-corrected chi connectivity index (χ3v) is 2.63. The molecule has 0 atom stereocenters. The molecule has 4 N–H and O–H groups in total. The number of fused-ring (bicyclic) bond motifs is 1. The second-order valence-electron chi connectivity index (χ2n) is 4.10. The summed E-state index contributed by atoms with van der Waals surface area (Å²) in [7, 11) is 3.50. The molecule has 0 aliphatic carbocycles. The van der Waals surface area contributed by atoms with E-state index >= 15 is 0 Å². The summed E-state index contributed by atoms with van der Waals surface area (Å²) >= 11 is 0. The van der Waals surface area contributed by atoms with Gasteiger partial charge in [-0.3, -0.25) is 4.99 Å². The van der Waals surface area contributed by atoms with Gasteiger partial charge in [-0.1, -0.05) is 6.07 Å². The smallest absolute Gasteiger partial charge is 0.231 e. The summed E-state index contributed by atoms with van der Waals surface area (Å²) in [6, 6.07) is 5.78. The van der Waals surface area contributed by atoms with Gasteiger partial charge < -0.3 is 25.8 Å². The Hall–Kier alpha value is -2.44. The summed E-state index contributed by atoms with van der Waals surface area (Å²) in [5.41, 5.74) is 11.8. The largest absolute Gasteiger partial charge is 0.454 e. The van der Waals surface area contributed by atoms with E-state index in [0.717, 1.165) is 17.1 Å². The Morgan fingerprint density at radius 2 is 2.05 bits per heavy atom. The Labute approximate surface area is 111 Å². The normalized spacial score (nSPS) is 13.3. The number of ether oxygens (including phenoxy) is 2. The molecule has 1 aliphatic heterocycles. The maximum atomic E-state index is 5.36. The highest BCUT2D eigenvalue weighted by Gasteiger charge is 2.14. The van der Waals surface area contributed by atoms with Gasteiger partial charge in [0.15, 0.2) is 17.5 Å². The number of nitrogens with zero attached hydrogens (tertiary/aromatic N) is 3. The summed E-state index contributed by atoms with van der Waals surface area (Å²) in [5, 5.41) is 0. The fourth-order valence-corrected chi connectivity index (χ4v) is 1.81. The van der Waals surface area contributed by atoms with E-state index < -0.39 is 0 Å².